The van der Waals surface area contributed by atoms with E-state index in [4.69, 9.17) is 0 Å². The summed E-state index contributed by atoms with van der Waals surface area (Å²) in [5.41, 5.74) is 2.56. The van der Waals surface area contributed by atoms with Crippen molar-refractivity contribution in [1.82, 2.24) is 4.90 Å². The van der Waals surface area contributed by atoms with Crippen molar-refractivity contribution in [1.29, 1.82) is 0 Å². The number of anilines is 1. The second-order valence-corrected chi connectivity index (χ2v) is 4.61. The summed E-state index contributed by atoms with van der Waals surface area (Å²) in [7, 11) is 1.95. The number of nitrogens with one attached hydrogen (secondary N) is 1. The van der Waals surface area contributed by atoms with Crippen molar-refractivity contribution in [2.75, 3.05) is 25.5 Å². The van der Waals surface area contributed by atoms with E-state index in [9.17, 15) is 0 Å². The van der Waals surface area contributed by atoms with Gasteiger partial charge >= 0.3 is 0 Å². The Bertz CT molecular complexity index is 515. The number of rotatable bonds is 5. The summed E-state index contributed by atoms with van der Waals surface area (Å²) in [6.07, 6.45) is 0. The van der Waals surface area contributed by atoms with E-state index in [1.54, 1.807) is 0 Å². The van der Waals surface area contributed by atoms with Gasteiger partial charge in [-0.1, -0.05) is 32.0 Å². The van der Waals surface area contributed by atoms with Crippen molar-refractivity contribution >= 4 is 16.5 Å². The monoisotopic (exact) mass is 242 g/mol. The van der Waals surface area contributed by atoms with E-state index in [0.717, 1.165) is 19.6 Å². The summed E-state index contributed by atoms with van der Waals surface area (Å²) in [5, 5.41) is 5.79. The molecule has 0 heterocycles. The fourth-order valence-corrected chi connectivity index (χ4v) is 2.25. The van der Waals surface area contributed by atoms with Gasteiger partial charge < -0.3 is 5.32 Å². The summed E-state index contributed by atoms with van der Waals surface area (Å²) in [4.78, 5) is 2.43. The summed E-state index contributed by atoms with van der Waals surface area (Å²) in [5.74, 6) is 0. The zero-order chi connectivity index (χ0) is 13.0. The van der Waals surface area contributed by atoms with Crippen LogP contribution in [0.1, 0.15) is 19.4 Å². The van der Waals surface area contributed by atoms with Crippen LogP contribution in [0, 0.1) is 0 Å². The number of hydrogen-bond acceptors (Lipinski definition) is 2. The molecule has 18 heavy (non-hydrogen) atoms. The van der Waals surface area contributed by atoms with Gasteiger partial charge in [0.15, 0.2) is 0 Å². The molecule has 0 amide bonds. The van der Waals surface area contributed by atoms with Crippen molar-refractivity contribution in [3.63, 3.8) is 0 Å². The molecule has 0 saturated carbocycles. The molecule has 0 aliphatic heterocycles. The minimum absolute atomic E-state index is 1.04. The topological polar surface area (TPSA) is 15.3 Å². The first-order chi connectivity index (χ1) is 8.76. The van der Waals surface area contributed by atoms with Crippen LogP contribution in [0.2, 0.25) is 0 Å². The van der Waals surface area contributed by atoms with Gasteiger partial charge in [0, 0.05) is 19.3 Å². The molecule has 0 aliphatic rings. The van der Waals surface area contributed by atoms with E-state index in [-0.39, 0.29) is 0 Å². The molecule has 2 heteroatoms. The van der Waals surface area contributed by atoms with Gasteiger partial charge in [0.2, 0.25) is 0 Å². The largest absolute Gasteiger partial charge is 0.388 e. The smallest absolute Gasteiger partial charge is 0.0343 e. The van der Waals surface area contributed by atoms with Crippen LogP contribution >= 0.6 is 0 Å². The maximum atomic E-state index is 3.18. The average Bonchev–Trinajstić information content (AvgIpc) is 2.44. The fraction of sp³-hybridized carbons (Fsp3) is 0.375. The Kier molecular flexibility index (Phi) is 4.21. The van der Waals surface area contributed by atoms with E-state index in [2.05, 4.69) is 60.5 Å². The van der Waals surface area contributed by atoms with Crippen molar-refractivity contribution in [2.24, 2.45) is 0 Å². The van der Waals surface area contributed by atoms with Crippen LogP contribution < -0.4 is 5.32 Å². The van der Waals surface area contributed by atoms with Gasteiger partial charge in [-0.25, -0.2) is 0 Å². The zero-order valence-electron chi connectivity index (χ0n) is 11.5. The third kappa shape index (κ3) is 2.82. The van der Waals surface area contributed by atoms with Crippen LogP contribution in [-0.2, 0) is 6.54 Å². The second kappa shape index (κ2) is 5.87. The highest BCUT2D eigenvalue weighted by molar-refractivity contribution is 5.86. The Morgan fingerprint density at radius 3 is 2.28 bits per heavy atom. The van der Waals surface area contributed by atoms with E-state index < -0.39 is 0 Å². The van der Waals surface area contributed by atoms with Crippen LogP contribution in [0.15, 0.2) is 36.4 Å². The lowest BCUT2D eigenvalue weighted by Crippen LogP contribution is -2.21. The molecule has 0 aromatic heterocycles. The van der Waals surface area contributed by atoms with Crippen molar-refractivity contribution in [2.45, 2.75) is 20.4 Å². The lowest BCUT2D eigenvalue weighted by molar-refractivity contribution is 0.296. The molecule has 0 saturated heterocycles. The molecular formula is C16H22N2. The highest BCUT2D eigenvalue weighted by Crippen LogP contribution is 2.21. The summed E-state index contributed by atoms with van der Waals surface area (Å²) in [6.45, 7) is 7.67. The quantitative estimate of drug-likeness (QED) is 0.859. The summed E-state index contributed by atoms with van der Waals surface area (Å²) in [6, 6.07) is 13.3. The molecule has 1 N–H and O–H groups in total. The SMILES string of the molecule is CCN(CC)Cc1ccc2cc(NC)ccc2c1. The number of benzene rings is 2. The van der Waals surface area contributed by atoms with Gasteiger partial charge in [-0.15, -0.1) is 0 Å². The third-order valence-corrected chi connectivity index (χ3v) is 3.49. The van der Waals surface area contributed by atoms with Crippen molar-refractivity contribution in [3.05, 3.63) is 42.0 Å². The van der Waals surface area contributed by atoms with Crippen molar-refractivity contribution < 1.29 is 0 Å². The van der Waals surface area contributed by atoms with Crippen LogP contribution in [0.3, 0.4) is 0 Å². The van der Waals surface area contributed by atoms with E-state index >= 15 is 0 Å². The van der Waals surface area contributed by atoms with Gasteiger partial charge in [0.25, 0.3) is 0 Å². The maximum Gasteiger partial charge on any atom is 0.0343 e. The van der Waals surface area contributed by atoms with Crippen LogP contribution in [0.4, 0.5) is 5.69 Å². The van der Waals surface area contributed by atoms with Gasteiger partial charge in [-0.2, -0.15) is 0 Å². The van der Waals surface area contributed by atoms with E-state index in [0.29, 0.717) is 0 Å². The van der Waals surface area contributed by atoms with E-state index in [1.807, 2.05) is 7.05 Å². The highest BCUT2D eigenvalue weighted by atomic mass is 15.1. The van der Waals surface area contributed by atoms with Gasteiger partial charge in [-0.05, 0) is 47.6 Å². The number of fused-ring (bicyclic) bond motifs is 1. The Labute approximate surface area is 110 Å². The molecule has 0 unspecified atom stereocenters. The Morgan fingerprint density at radius 2 is 1.61 bits per heavy atom. The molecule has 96 valence electrons. The molecule has 0 atom stereocenters. The Morgan fingerprint density at radius 1 is 0.944 bits per heavy atom. The van der Waals surface area contributed by atoms with Gasteiger partial charge in [0.1, 0.15) is 0 Å². The fourth-order valence-electron chi connectivity index (χ4n) is 2.25. The molecule has 0 aliphatic carbocycles. The lowest BCUT2D eigenvalue weighted by atomic mass is 10.1. The van der Waals surface area contributed by atoms with Crippen LogP contribution in [0.5, 0.6) is 0 Å². The summed E-state index contributed by atoms with van der Waals surface area (Å²) >= 11 is 0. The lowest BCUT2D eigenvalue weighted by Gasteiger charge is -2.18. The Hall–Kier alpha value is -1.54. The first-order valence-electron chi connectivity index (χ1n) is 6.69. The minimum Gasteiger partial charge on any atom is -0.388 e. The molecule has 2 aromatic rings. The normalized spacial score (nSPS) is 11.1. The molecule has 0 bridgehead atoms. The molecule has 2 aromatic carbocycles. The standard InChI is InChI=1S/C16H22N2/c1-4-18(5-2)12-13-6-7-15-11-16(17-3)9-8-14(15)10-13/h6-11,17H,4-5,12H2,1-3H3. The molecule has 2 nitrogen and oxygen atoms in total. The van der Waals surface area contributed by atoms with Gasteiger partial charge in [0.05, 0.1) is 0 Å². The van der Waals surface area contributed by atoms with Crippen molar-refractivity contribution in [3.8, 4) is 0 Å². The highest BCUT2D eigenvalue weighted by Gasteiger charge is 2.02. The van der Waals surface area contributed by atoms with Gasteiger partial charge in [-0.3, -0.25) is 4.90 Å². The Balaban J connectivity index is 2.27. The second-order valence-electron chi connectivity index (χ2n) is 4.61. The van der Waals surface area contributed by atoms with Crippen LogP contribution in [-0.4, -0.2) is 25.0 Å². The van der Waals surface area contributed by atoms with E-state index in [1.165, 1.54) is 22.0 Å². The third-order valence-electron chi connectivity index (χ3n) is 3.49. The zero-order valence-corrected chi connectivity index (χ0v) is 11.5. The predicted octanol–water partition coefficient (Wildman–Crippen LogP) is 3.72. The molecule has 0 fully saturated rings. The maximum absolute atomic E-state index is 3.18. The predicted molar refractivity (Wildman–Crippen MR) is 80.1 cm³/mol. The number of hydrogen-bond donors (Lipinski definition) is 1. The molecule has 0 radical (unpaired) electrons. The molecule has 0 spiro atoms. The number of nitrogens with zero attached hydrogens (tertiary/aromatic N) is 1. The molecular weight excluding hydrogens is 220 g/mol. The minimum atomic E-state index is 1.04. The molecule has 2 rings (SSSR count). The average molecular weight is 242 g/mol. The van der Waals surface area contributed by atoms with Crippen LogP contribution in [0.25, 0.3) is 10.8 Å². The summed E-state index contributed by atoms with van der Waals surface area (Å²) < 4.78 is 0. The first kappa shape index (κ1) is 12.9. The first-order valence-corrected chi connectivity index (χ1v) is 6.69.